The molecule has 3 heteroatoms. The van der Waals surface area contributed by atoms with E-state index in [2.05, 4.69) is 87.2 Å². The average Bonchev–Trinajstić information content (AvgIpc) is 3.78. The molecule has 2 aromatic rings. The van der Waals surface area contributed by atoms with Crippen molar-refractivity contribution >= 4 is 11.4 Å². The summed E-state index contributed by atoms with van der Waals surface area (Å²) in [6, 6.07) is 18.1. The van der Waals surface area contributed by atoms with Gasteiger partial charge in [-0.25, -0.2) is 4.70 Å². The first kappa shape index (κ1) is 71.1. The van der Waals surface area contributed by atoms with E-state index in [1.54, 1.807) is 14.4 Å². The predicted octanol–water partition coefficient (Wildman–Crippen LogP) is 26.7. The van der Waals surface area contributed by atoms with Gasteiger partial charge in [-0.3, -0.25) is 0 Å². The fourth-order valence-corrected chi connectivity index (χ4v) is 12.0. The van der Waals surface area contributed by atoms with Crippen molar-refractivity contribution in [3.05, 3.63) is 88.0 Å². The van der Waals surface area contributed by atoms with Crippen molar-refractivity contribution < 1.29 is 19.1 Å². The van der Waals surface area contributed by atoms with Crippen molar-refractivity contribution in [1.82, 2.24) is 0 Å². The minimum absolute atomic E-state index is 0.933. The maximum atomic E-state index is 11.9. The molecule has 0 saturated heterocycles. The van der Waals surface area contributed by atoms with Gasteiger partial charge >= 0.3 is 26.2 Å². The van der Waals surface area contributed by atoms with Crippen LogP contribution in [0.5, 0.6) is 0 Å². The standard InChI is InChI=1S/C72H124N2.2CH3.Ni/c1-4-7-10-12-14-16-18-20-22-24-26-28-30-32-34-36-38-40-42-44-46-48-50-52-56-66-58-54-61-68(63-66)71-65-70(60-9-6-3)72(74(71)73)69-62-55-59-67(64-69)57-53-51-49-47-45-43-41-39-37-35-33-31-29-27-25-23-21-19-17-15-13-11-8-5-2;;;/h54-55,58-59,61-65H,4-53,56-57,60H2,1-3H3;2*1H3;. The van der Waals surface area contributed by atoms with Crippen molar-refractivity contribution in [1.29, 1.82) is 0 Å². The van der Waals surface area contributed by atoms with E-state index in [1.807, 2.05) is 0 Å². The number of hydrogen-bond donors (Lipinski definition) is 0. The molecule has 1 heterocycles. The van der Waals surface area contributed by atoms with E-state index < -0.39 is 0 Å². The Kier molecular flexibility index (Phi) is 50.4. The molecule has 0 aromatic heterocycles. The molecule has 1 aliphatic rings. The summed E-state index contributed by atoms with van der Waals surface area (Å²) in [6.07, 6.45) is 76.5. The second-order valence-corrected chi connectivity index (χ2v) is 25.3. The summed E-state index contributed by atoms with van der Waals surface area (Å²) in [5, 5.41) is 0. The maximum absolute atomic E-state index is 11.9. The topological polar surface area (TPSA) is 25.3 Å². The van der Waals surface area contributed by atoms with E-state index in [0.29, 0.717) is 0 Å². The van der Waals surface area contributed by atoms with Crippen LogP contribution in [0.2, 0.25) is 11.8 Å². The van der Waals surface area contributed by atoms with Gasteiger partial charge in [0, 0.05) is 22.8 Å². The van der Waals surface area contributed by atoms with E-state index in [0.717, 1.165) is 54.6 Å². The molecule has 0 atom stereocenters. The van der Waals surface area contributed by atoms with E-state index in [4.69, 9.17) is 0 Å². The quantitative estimate of drug-likeness (QED) is 0.0358. The Hall–Kier alpha value is -1.99. The Morgan fingerprint density at radius 2 is 0.558 bits per heavy atom. The van der Waals surface area contributed by atoms with Gasteiger partial charge < -0.3 is 5.53 Å². The SMILES string of the molecule is CCCCCCCCCCCCCCCCCCCCCCCCCCc1cccc(C2=CC(CCCC)=C(c3cccc(CCCCCCCCCCCCCCCCCCCCCCCCCC)c3)[N+]2=[N-])c1.[CH3][Ni][CH3]. The summed E-state index contributed by atoms with van der Waals surface area (Å²) in [7, 11) is 0. The van der Waals surface area contributed by atoms with Gasteiger partial charge in [0.25, 0.3) is 0 Å². The second kappa shape index (κ2) is 54.6. The summed E-state index contributed by atoms with van der Waals surface area (Å²) >= 11 is 1.62. The zero-order chi connectivity index (χ0) is 55.2. The molecule has 0 radical (unpaired) electrons. The van der Waals surface area contributed by atoms with Gasteiger partial charge in [-0.1, -0.05) is 347 Å². The Bertz CT molecular complexity index is 1670. The summed E-state index contributed by atoms with van der Waals surface area (Å²) in [6.45, 7) is 6.89. The van der Waals surface area contributed by atoms with Gasteiger partial charge in [0.2, 0.25) is 11.4 Å². The number of allylic oxidation sites excluding steroid dienone is 2. The molecule has 0 saturated carbocycles. The van der Waals surface area contributed by atoms with Crippen LogP contribution in [0.3, 0.4) is 0 Å². The molecule has 2 aromatic carbocycles. The number of unbranched alkanes of at least 4 members (excludes halogenated alkanes) is 47. The van der Waals surface area contributed by atoms with Crippen LogP contribution in [0.25, 0.3) is 16.9 Å². The average molecular weight is 1110 g/mol. The molecule has 77 heavy (non-hydrogen) atoms. The number of aryl methyl sites for hydroxylation is 2. The van der Waals surface area contributed by atoms with Gasteiger partial charge in [-0.15, -0.1) is 0 Å². The van der Waals surface area contributed by atoms with Crippen LogP contribution in [-0.2, 0) is 27.3 Å². The zero-order valence-corrected chi connectivity index (χ0v) is 53.4. The first-order valence-corrected chi connectivity index (χ1v) is 36.4. The summed E-state index contributed by atoms with van der Waals surface area (Å²) in [4.78, 5) is 0. The third-order valence-electron chi connectivity index (χ3n) is 16.9. The molecule has 0 fully saturated rings. The first-order valence-electron chi connectivity index (χ1n) is 34.4. The van der Waals surface area contributed by atoms with Crippen LogP contribution in [0, 0.1) is 0 Å². The van der Waals surface area contributed by atoms with Crippen LogP contribution >= 0.6 is 0 Å². The van der Waals surface area contributed by atoms with Crippen LogP contribution in [-0.4, -0.2) is 4.70 Å². The fraction of sp³-hybridized carbons (Fsp3) is 0.784. The molecule has 2 nitrogen and oxygen atoms in total. The number of benzene rings is 2. The molecule has 0 bridgehead atoms. The van der Waals surface area contributed by atoms with Crippen molar-refractivity contribution in [2.75, 3.05) is 0 Å². The van der Waals surface area contributed by atoms with E-state index in [9.17, 15) is 5.53 Å². The third-order valence-corrected chi connectivity index (χ3v) is 16.9. The Balaban J connectivity index is 0.00000659. The Morgan fingerprint density at radius 1 is 0.312 bits per heavy atom. The van der Waals surface area contributed by atoms with E-state index in [1.165, 1.54) is 330 Å². The molecule has 0 N–H and O–H groups in total. The molecular formula is C74H130N2Ni. The van der Waals surface area contributed by atoms with Gasteiger partial charge in [-0.05, 0) is 73.9 Å². The molecule has 3 rings (SSSR count). The van der Waals surface area contributed by atoms with Gasteiger partial charge in [0.05, 0.1) is 0 Å². The minimum atomic E-state index is 0.933. The first-order chi connectivity index (χ1) is 38.1. The zero-order valence-electron chi connectivity index (χ0n) is 52.4. The monoisotopic (exact) mass is 1100 g/mol. The Labute approximate surface area is 488 Å². The molecule has 0 spiro atoms. The third kappa shape index (κ3) is 40.0. The fourth-order valence-electron chi connectivity index (χ4n) is 12.0. The second-order valence-electron chi connectivity index (χ2n) is 24.3. The number of rotatable bonds is 55. The van der Waals surface area contributed by atoms with Gasteiger partial charge in [0.1, 0.15) is 0 Å². The molecule has 446 valence electrons. The predicted molar refractivity (Wildman–Crippen MR) is 343 cm³/mol. The molecule has 1 aliphatic heterocycles. The molecule has 0 unspecified atom stereocenters. The Morgan fingerprint density at radius 3 is 0.844 bits per heavy atom. The number of hydrogen-bond acceptors (Lipinski definition) is 0. The normalized spacial score (nSPS) is 12.5. The van der Waals surface area contributed by atoms with Gasteiger partial charge in [-0.2, -0.15) is 0 Å². The summed E-state index contributed by atoms with van der Waals surface area (Å²) in [5.74, 6) is 4.12. The summed E-state index contributed by atoms with van der Waals surface area (Å²) in [5.41, 5.74) is 20.1. The molecular weight excluding hydrogens is 976 g/mol. The van der Waals surface area contributed by atoms with Crippen molar-refractivity contribution in [3.63, 3.8) is 0 Å². The number of nitrogens with zero attached hydrogens (tertiary/aromatic N) is 2. The molecule has 0 aliphatic carbocycles. The van der Waals surface area contributed by atoms with Crippen LogP contribution in [0.15, 0.2) is 60.2 Å². The summed E-state index contributed by atoms with van der Waals surface area (Å²) < 4.78 is 1.52. The van der Waals surface area contributed by atoms with Crippen molar-refractivity contribution in [3.8, 4) is 0 Å². The molecule has 0 amide bonds. The van der Waals surface area contributed by atoms with Crippen LogP contribution < -0.4 is 0 Å². The van der Waals surface area contributed by atoms with Crippen molar-refractivity contribution in [2.24, 2.45) is 0 Å². The van der Waals surface area contributed by atoms with Gasteiger partial charge in [0.15, 0.2) is 0 Å². The van der Waals surface area contributed by atoms with Crippen LogP contribution in [0.1, 0.15) is 370 Å². The van der Waals surface area contributed by atoms with Crippen molar-refractivity contribution in [2.45, 2.75) is 373 Å². The van der Waals surface area contributed by atoms with E-state index >= 15 is 0 Å². The van der Waals surface area contributed by atoms with E-state index in [-0.39, 0.29) is 0 Å². The van der Waals surface area contributed by atoms with Crippen LogP contribution in [0.4, 0.5) is 0 Å².